The van der Waals surface area contributed by atoms with Crippen LogP contribution in [0.5, 0.6) is 11.5 Å². The van der Waals surface area contributed by atoms with Gasteiger partial charge in [-0.3, -0.25) is 14.9 Å². The highest BCUT2D eigenvalue weighted by Crippen LogP contribution is 2.38. The smallest absolute Gasteiger partial charge is 0.335 e. The molecule has 4 amide bonds. The molecule has 1 N–H and O–H groups in total. The Hall–Kier alpha value is -3.43. The Bertz CT molecular complexity index is 1470. The molecule has 0 spiro atoms. The summed E-state index contributed by atoms with van der Waals surface area (Å²) in [6.45, 7) is 6.21. The Labute approximate surface area is 231 Å². The van der Waals surface area contributed by atoms with Crippen LogP contribution in [0.1, 0.15) is 27.8 Å². The minimum atomic E-state index is -0.800. The number of carbonyl (C=O) groups is 3. The summed E-state index contributed by atoms with van der Waals surface area (Å²) in [5.41, 5.74) is 4.81. The molecule has 1 fully saturated rings. The maximum absolute atomic E-state index is 13.3. The van der Waals surface area contributed by atoms with Crippen LogP contribution in [0.25, 0.3) is 6.08 Å². The lowest BCUT2D eigenvalue weighted by Gasteiger charge is -2.27. The van der Waals surface area contributed by atoms with E-state index in [4.69, 9.17) is 9.47 Å². The molecular weight excluding hydrogens is 604 g/mol. The number of aryl methyl sites for hydroxylation is 3. The lowest BCUT2D eigenvalue weighted by molar-refractivity contribution is -0.122. The van der Waals surface area contributed by atoms with E-state index in [0.717, 1.165) is 14.9 Å². The van der Waals surface area contributed by atoms with Crippen molar-refractivity contribution in [1.29, 1.82) is 0 Å². The lowest BCUT2D eigenvalue weighted by Crippen LogP contribution is -2.54. The topological polar surface area (TPSA) is 84.9 Å². The van der Waals surface area contributed by atoms with Crippen molar-refractivity contribution in [2.75, 3.05) is 12.0 Å². The number of imide groups is 2. The Balaban J connectivity index is 1.65. The Morgan fingerprint density at radius 3 is 2.35 bits per heavy atom. The number of carbonyl (C=O) groups excluding carboxylic acids is 3. The van der Waals surface area contributed by atoms with Crippen LogP contribution >= 0.6 is 31.9 Å². The molecular formula is C28H24Br2N2O5. The van der Waals surface area contributed by atoms with E-state index >= 15 is 0 Å². The van der Waals surface area contributed by atoms with Crippen molar-refractivity contribution in [1.82, 2.24) is 5.32 Å². The Morgan fingerprint density at radius 2 is 1.68 bits per heavy atom. The molecule has 0 unspecified atom stereocenters. The summed E-state index contributed by atoms with van der Waals surface area (Å²) in [6, 6.07) is 13.9. The molecule has 0 radical (unpaired) electrons. The number of amides is 4. The van der Waals surface area contributed by atoms with Crippen LogP contribution in [-0.4, -0.2) is 25.0 Å². The van der Waals surface area contributed by atoms with Gasteiger partial charge in [0, 0.05) is 4.47 Å². The van der Waals surface area contributed by atoms with Gasteiger partial charge < -0.3 is 9.47 Å². The number of hydrogen-bond donors (Lipinski definition) is 1. The summed E-state index contributed by atoms with van der Waals surface area (Å²) in [7, 11) is 1.51. The summed E-state index contributed by atoms with van der Waals surface area (Å²) in [6.07, 6.45) is 1.42. The van der Waals surface area contributed by atoms with Gasteiger partial charge in [0.15, 0.2) is 11.5 Å². The molecule has 1 heterocycles. The number of urea groups is 1. The van der Waals surface area contributed by atoms with Gasteiger partial charge in [-0.2, -0.15) is 0 Å². The molecule has 9 heteroatoms. The lowest BCUT2D eigenvalue weighted by atomic mass is 10.1. The largest absolute Gasteiger partial charge is 0.493 e. The van der Waals surface area contributed by atoms with Crippen LogP contribution < -0.4 is 19.7 Å². The molecule has 190 valence electrons. The van der Waals surface area contributed by atoms with E-state index in [2.05, 4.69) is 50.2 Å². The first kappa shape index (κ1) is 26.6. The zero-order valence-corrected chi connectivity index (χ0v) is 23.8. The van der Waals surface area contributed by atoms with Crippen molar-refractivity contribution < 1.29 is 23.9 Å². The van der Waals surface area contributed by atoms with Gasteiger partial charge in [-0.15, -0.1) is 0 Å². The molecule has 37 heavy (non-hydrogen) atoms. The highest BCUT2D eigenvalue weighted by molar-refractivity contribution is 9.10. The van der Waals surface area contributed by atoms with Gasteiger partial charge in [0.05, 0.1) is 17.3 Å². The maximum atomic E-state index is 13.3. The van der Waals surface area contributed by atoms with Crippen LogP contribution in [0.3, 0.4) is 0 Å². The van der Waals surface area contributed by atoms with Crippen molar-refractivity contribution in [3.8, 4) is 11.5 Å². The number of halogens is 2. The predicted molar refractivity (Wildman–Crippen MR) is 149 cm³/mol. The summed E-state index contributed by atoms with van der Waals surface area (Å²) in [5, 5.41) is 2.25. The van der Waals surface area contributed by atoms with Gasteiger partial charge in [-0.1, -0.05) is 34.1 Å². The summed E-state index contributed by atoms with van der Waals surface area (Å²) >= 11 is 6.90. The van der Waals surface area contributed by atoms with Crippen LogP contribution in [0.2, 0.25) is 0 Å². The van der Waals surface area contributed by atoms with Gasteiger partial charge in [0.25, 0.3) is 11.8 Å². The number of anilines is 1. The summed E-state index contributed by atoms with van der Waals surface area (Å²) in [5.74, 6) is -0.578. The molecule has 0 atom stereocenters. The minimum Gasteiger partial charge on any atom is -0.493 e. The number of nitrogens with zero attached hydrogens (tertiary/aromatic N) is 1. The Morgan fingerprint density at radius 1 is 0.919 bits per heavy atom. The number of hydrogen-bond acceptors (Lipinski definition) is 5. The molecule has 4 rings (SSSR count). The SMILES string of the molecule is COc1cc(/C=C2/C(=O)NC(=O)N(c3ccc(Br)cc3C)C2=O)cc(Br)c1OCc1ccc(C)c(C)c1. The van der Waals surface area contributed by atoms with E-state index in [9.17, 15) is 14.4 Å². The van der Waals surface area contributed by atoms with Gasteiger partial charge >= 0.3 is 6.03 Å². The van der Waals surface area contributed by atoms with Crippen molar-refractivity contribution in [2.24, 2.45) is 0 Å². The second-order valence-corrected chi connectivity index (χ2v) is 10.4. The third-order valence-electron chi connectivity index (χ3n) is 6.02. The van der Waals surface area contributed by atoms with E-state index < -0.39 is 17.8 Å². The zero-order chi connectivity index (χ0) is 26.9. The third-order valence-corrected chi connectivity index (χ3v) is 7.10. The quantitative estimate of drug-likeness (QED) is 0.253. The van der Waals surface area contributed by atoms with Crippen molar-refractivity contribution in [3.05, 3.63) is 90.9 Å². The fraction of sp³-hybridized carbons (Fsp3) is 0.179. The molecule has 1 aliphatic heterocycles. The first-order valence-electron chi connectivity index (χ1n) is 11.3. The predicted octanol–water partition coefficient (Wildman–Crippen LogP) is 6.39. The number of methoxy groups -OCH3 is 1. The number of rotatable bonds is 6. The molecule has 3 aromatic carbocycles. The second-order valence-electron chi connectivity index (χ2n) is 8.63. The van der Waals surface area contributed by atoms with E-state index in [1.807, 2.05) is 19.1 Å². The molecule has 0 saturated carbocycles. The van der Waals surface area contributed by atoms with Gasteiger partial charge in [0.1, 0.15) is 12.2 Å². The van der Waals surface area contributed by atoms with Crippen molar-refractivity contribution >= 4 is 61.5 Å². The first-order valence-corrected chi connectivity index (χ1v) is 12.9. The maximum Gasteiger partial charge on any atom is 0.335 e. The van der Waals surface area contributed by atoms with E-state index in [1.54, 1.807) is 37.3 Å². The van der Waals surface area contributed by atoms with Gasteiger partial charge in [-0.25, -0.2) is 9.69 Å². The third kappa shape index (κ3) is 5.62. The molecule has 3 aromatic rings. The van der Waals surface area contributed by atoms with Crippen LogP contribution in [0.15, 0.2) is 63.0 Å². The standard InChI is InChI=1S/C28H24Br2N2O5/c1-15-5-6-18(9-16(15)2)14-37-25-22(30)12-19(13-24(25)36-4)11-21-26(33)31-28(35)32(27(21)34)23-8-7-20(29)10-17(23)3/h5-13H,14H2,1-4H3,(H,31,33,35)/b21-11-. The van der Waals surface area contributed by atoms with Crippen LogP contribution in [0.4, 0.5) is 10.5 Å². The molecule has 0 aliphatic carbocycles. The summed E-state index contributed by atoms with van der Waals surface area (Å²) in [4.78, 5) is 39.5. The average molecular weight is 628 g/mol. The van der Waals surface area contributed by atoms with E-state index in [-0.39, 0.29) is 5.57 Å². The highest BCUT2D eigenvalue weighted by Gasteiger charge is 2.37. The molecule has 1 saturated heterocycles. The van der Waals surface area contributed by atoms with E-state index in [1.165, 1.54) is 24.3 Å². The fourth-order valence-corrected chi connectivity index (χ4v) is 4.97. The number of barbiturate groups is 1. The normalized spacial score (nSPS) is 14.7. The van der Waals surface area contributed by atoms with Crippen LogP contribution in [-0.2, 0) is 16.2 Å². The fourth-order valence-electron chi connectivity index (χ4n) is 3.92. The molecule has 7 nitrogen and oxygen atoms in total. The number of nitrogens with one attached hydrogen (secondary N) is 1. The van der Waals surface area contributed by atoms with Crippen LogP contribution in [0, 0.1) is 20.8 Å². The molecule has 0 bridgehead atoms. The highest BCUT2D eigenvalue weighted by atomic mass is 79.9. The molecule has 0 aromatic heterocycles. The first-order chi connectivity index (χ1) is 17.6. The van der Waals surface area contributed by atoms with Crippen molar-refractivity contribution in [3.63, 3.8) is 0 Å². The summed E-state index contributed by atoms with van der Waals surface area (Å²) < 4.78 is 13.0. The van der Waals surface area contributed by atoms with Gasteiger partial charge in [-0.05, 0) is 101 Å². The molecule has 1 aliphatic rings. The average Bonchev–Trinajstić information content (AvgIpc) is 2.84. The van der Waals surface area contributed by atoms with E-state index in [0.29, 0.717) is 39.4 Å². The number of benzene rings is 3. The Kier molecular flexibility index (Phi) is 7.85. The minimum absolute atomic E-state index is 0.181. The monoisotopic (exact) mass is 626 g/mol. The van der Waals surface area contributed by atoms with Gasteiger partial charge in [0.2, 0.25) is 0 Å². The zero-order valence-electron chi connectivity index (χ0n) is 20.6. The number of ether oxygens (including phenoxy) is 2. The van der Waals surface area contributed by atoms with Crippen molar-refractivity contribution in [2.45, 2.75) is 27.4 Å². The second kappa shape index (κ2) is 10.9.